The van der Waals surface area contributed by atoms with E-state index in [-0.39, 0.29) is 19.0 Å². The number of hydrogen-bond donors (Lipinski definition) is 1. The number of piperazine rings is 1. The summed E-state index contributed by atoms with van der Waals surface area (Å²) >= 11 is 0. The van der Waals surface area contributed by atoms with E-state index in [9.17, 15) is 9.59 Å². The average Bonchev–Trinajstić information content (AvgIpc) is 2.57. The molecule has 1 aromatic carbocycles. The number of aryl methyl sites for hydroxylation is 1. The Balaban J connectivity index is 1.81. The number of benzene rings is 1. The molecular weight excluding hydrogens is 318 g/mol. The maximum Gasteiger partial charge on any atom is 0.317 e. The smallest absolute Gasteiger partial charge is 0.317 e. The molecule has 6 nitrogen and oxygen atoms in total. The lowest BCUT2D eigenvalue weighted by atomic mass is 10.1. The molecule has 0 saturated carbocycles. The van der Waals surface area contributed by atoms with Gasteiger partial charge in [0, 0.05) is 32.7 Å². The molecule has 0 aromatic heterocycles. The summed E-state index contributed by atoms with van der Waals surface area (Å²) in [6.07, 6.45) is 0.838. The maximum atomic E-state index is 12.5. The number of carboxylic acid groups (broad SMARTS) is 1. The molecule has 0 spiro atoms. The van der Waals surface area contributed by atoms with Gasteiger partial charge in [-0.25, -0.2) is 0 Å². The second-order valence-corrected chi connectivity index (χ2v) is 6.69. The van der Waals surface area contributed by atoms with Crippen LogP contribution in [0.5, 0.6) is 0 Å². The zero-order chi connectivity index (χ0) is 18.2. The molecule has 0 bridgehead atoms. The minimum atomic E-state index is -0.885. The monoisotopic (exact) mass is 347 g/mol. The van der Waals surface area contributed by atoms with Gasteiger partial charge in [0.05, 0.1) is 13.1 Å². The Morgan fingerprint density at radius 2 is 1.80 bits per heavy atom. The van der Waals surface area contributed by atoms with Crippen molar-refractivity contribution in [2.45, 2.75) is 26.8 Å². The molecule has 0 aliphatic carbocycles. The first-order valence-corrected chi connectivity index (χ1v) is 8.98. The number of nitrogens with zero attached hydrogens (tertiary/aromatic N) is 3. The minimum absolute atomic E-state index is 0.0326. The third kappa shape index (κ3) is 6.14. The molecular formula is C19H29N3O3. The lowest BCUT2D eigenvalue weighted by molar-refractivity contribution is -0.140. The van der Waals surface area contributed by atoms with Gasteiger partial charge in [-0.1, -0.05) is 31.2 Å². The van der Waals surface area contributed by atoms with Crippen LogP contribution in [0.15, 0.2) is 24.3 Å². The van der Waals surface area contributed by atoms with Gasteiger partial charge in [-0.3, -0.25) is 19.4 Å². The Hall–Kier alpha value is -1.92. The summed E-state index contributed by atoms with van der Waals surface area (Å²) in [4.78, 5) is 29.3. The van der Waals surface area contributed by atoms with E-state index in [0.717, 1.165) is 26.1 Å². The maximum absolute atomic E-state index is 12.5. The van der Waals surface area contributed by atoms with Crippen molar-refractivity contribution < 1.29 is 14.7 Å². The van der Waals surface area contributed by atoms with Gasteiger partial charge in [-0.05, 0) is 31.0 Å². The van der Waals surface area contributed by atoms with E-state index in [2.05, 4.69) is 36.1 Å². The van der Waals surface area contributed by atoms with Crippen LogP contribution in [0.1, 0.15) is 24.5 Å². The normalized spacial score (nSPS) is 15.6. The van der Waals surface area contributed by atoms with E-state index < -0.39 is 5.97 Å². The van der Waals surface area contributed by atoms with Crippen molar-refractivity contribution in [3.8, 4) is 0 Å². The third-order valence-corrected chi connectivity index (χ3v) is 4.64. The highest BCUT2D eigenvalue weighted by molar-refractivity contribution is 5.79. The average molecular weight is 347 g/mol. The Kier molecular flexibility index (Phi) is 7.40. The molecule has 138 valence electrons. The predicted molar refractivity (Wildman–Crippen MR) is 97.4 cm³/mol. The fourth-order valence-electron chi connectivity index (χ4n) is 3.20. The van der Waals surface area contributed by atoms with Crippen molar-refractivity contribution in [2.24, 2.45) is 0 Å². The highest BCUT2D eigenvalue weighted by atomic mass is 16.4. The second-order valence-electron chi connectivity index (χ2n) is 6.69. The summed E-state index contributed by atoms with van der Waals surface area (Å²) in [6.45, 7) is 8.89. The van der Waals surface area contributed by atoms with Crippen molar-refractivity contribution in [1.29, 1.82) is 0 Å². The van der Waals surface area contributed by atoms with Crippen molar-refractivity contribution in [1.82, 2.24) is 14.7 Å². The minimum Gasteiger partial charge on any atom is -0.480 e. The van der Waals surface area contributed by atoms with Crippen LogP contribution < -0.4 is 0 Å². The third-order valence-electron chi connectivity index (χ3n) is 4.64. The van der Waals surface area contributed by atoms with Crippen molar-refractivity contribution in [2.75, 3.05) is 45.8 Å². The molecule has 1 aliphatic heterocycles. The van der Waals surface area contributed by atoms with E-state index >= 15 is 0 Å². The van der Waals surface area contributed by atoms with Crippen molar-refractivity contribution in [3.63, 3.8) is 0 Å². The van der Waals surface area contributed by atoms with Gasteiger partial charge in [0.1, 0.15) is 0 Å². The standard InChI is InChI=1S/C19H29N3O3/c1-3-8-21(15-19(24)25)14-18(23)22-11-9-20(10-12-22)13-17-7-5-4-6-16(17)2/h4-7H,3,8-15H2,1-2H3,(H,24,25). The molecule has 1 N–H and O–H groups in total. The molecule has 2 rings (SSSR count). The van der Waals surface area contributed by atoms with Crippen molar-refractivity contribution >= 4 is 11.9 Å². The number of carboxylic acids is 1. The van der Waals surface area contributed by atoms with Crippen LogP contribution in [-0.2, 0) is 16.1 Å². The molecule has 1 heterocycles. The van der Waals surface area contributed by atoms with Gasteiger partial charge in [-0.2, -0.15) is 0 Å². The Bertz CT molecular complexity index is 583. The van der Waals surface area contributed by atoms with Gasteiger partial charge in [-0.15, -0.1) is 0 Å². The molecule has 0 unspecified atom stereocenters. The Labute approximate surface area is 150 Å². The zero-order valence-electron chi connectivity index (χ0n) is 15.3. The Morgan fingerprint density at radius 1 is 1.12 bits per heavy atom. The topological polar surface area (TPSA) is 64.1 Å². The lowest BCUT2D eigenvalue weighted by Gasteiger charge is -2.36. The molecule has 1 saturated heterocycles. The molecule has 25 heavy (non-hydrogen) atoms. The van der Waals surface area contributed by atoms with Crippen molar-refractivity contribution in [3.05, 3.63) is 35.4 Å². The van der Waals surface area contributed by atoms with Crippen LogP contribution in [0, 0.1) is 6.92 Å². The number of carbonyl (C=O) groups is 2. The van der Waals surface area contributed by atoms with Crippen LogP contribution in [0.25, 0.3) is 0 Å². The number of carbonyl (C=O) groups excluding carboxylic acids is 1. The molecule has 1 amide bonds. The SMILES string of the molecule is CCCN(CC(=O)O)CC(=O)N1CCN(Cc2ccccc2C)CC1. The van der Waals surface area contributed by atoms with Gasteiger partial charge < -0.3 is 10.0 Å². The number of rotatable bonds is 8. The van der Waals surface area contributed by atoms with E-state index in [1.807, 2.05) is 11.8 Å². The largest absolute Gasteiger partial charge is 0.480 e. The first-order chi connectivity index (χ1) is 12.0. The predicted octanol–water partition coefficient (Wildman–Crippen LogP) is 1.44. The summed E-state index contributed by atoms with van der Waals surface area (Å²) in [5.74, 6) is -0.852. The van der Waals surface area contributed by atoms with Crippen LogP contribution in [0.2, 0.25) is 0 Å². The van der Waals surface area contributed by atoms with E-state index in [4.69, 9.17) is 5.11 Å². The molecule has 1 aliphatic rings. The summed E-state index contributed by atoms with van der Waals surface area (Å²) in [5, 5.41) is 8.96. The molecule has 6 heteroatoms. The van der Waals surface area contributed by atoms with E-state index in [0.29, 0.717) is 19.6 Å². The van der Waals surface area contributed by atoms with Crippen LogP contribution in [-0.4, -0.2) is 77.5 Å². The Morgan fingerprint density at radius 3 is 2.40 bits per heavy atom. The number of hydrogen-bond acceptors (Lipinski definition) is 4. The lowest BCUT2D eigenvalue weighted by Crippen LogP contribution is -2.51. The van der Waals surface area contributed by atoms with Crippen LogP contribution >= 0.6 is 0 Å². The van der Waals surface area contributed by atoms with Crippen LogP contribution in [0.4, 0.5) is 0 Å². The number of amides is 1. The number of aliphatic carboxylic acids is 1. The summed E-state index contributed by atoms with van der Waals surface area (Å²) in [6, 6.07) is 8.39. The molecule has 0 radical (unpaired) electrons. The van der Waals surface area contributed by atoms with Crippen LogP contribution in [0.3, 0.4) is 0 Å². The highest BCUT2D eigenvalue weighted by Gasteiger charge is 2.23. The summed E-state index contributed by atoms with van der Waals surface area (Å²) < 4.78 is 0. The highest BCUT2D eigenvalue weighted by Crippen LogP contribution is 2.12. The first-order valence-electron chi connectivity index (χ1n) is 8.98. The van der Waals surface area contributed by atoms with Gasteiger partial charge in [0.25, 0.3) is 0 Å². The van der Waals surface area contributed by atoms with Gasteiger partial charge in [0.15, 0.2) is 0 Å². The summed E-state index contributed by atoms with van der Waals surface area (Å²) in [7, 11) is 0. The zero-order valence-corrected chi connectivity index (χ0v) is 15.3. The quantitative estimate of drug-likeness (QED) is 0.771. The van der Waals surface area contributed by atoms with E-state index in [1.54, 1.807) is 4.90 Å². The second kappa shape index (κ2) is 9.53. The first kappa shape index (κ1) is 19.4. The molecule has 1 aromatic rings. The fourth-order valence-corrected chi connectivity index (χ4v) is 3.20. The molecule has 0 atom stereocenters. The molecule has 1 fully saturated rings. The van der Waals surface area contributed by atoms with Gasteiger partial charge >= 0.3 is 5.97 Å². The summed E-state index contributed by atoms with van der Waals surface area (Å²) in [5.41, 5.74) is 2.63. The fraction of sp³-hybridized carbons (Fsp3) is 0.579. The van der Waals surface area contributed by atoms with E-state index in [1.165, 1.54) is 11.1 Å². The van der Waals surface area contributed by atoms with Gasteiger partial charge in [0.2, 0.25) is 5.91 Å².